The van der Waals surface area contributed by atoms with Crippen LogP contribution in [-0.2, 0) is 16.0 Å². The van der Waals surface area contributed by atoms with Crippen LogP contribution in [0.15, 0.2) is 89.7 Å². The average Bonchev–Trinajstić information content (AvgIpc) is 3.55. The molecule has 1 atom stereocenters. The number of aryl methyl sites for hydroxylation is 1. The fourth-order valence-corrected chi connectivity index (χ4v) is 5.52. The van der Waals surface area contributed by atoms with E-state index in [2.05, 4.69) is 5.32 Å². The van der Waals surface area contributed by atoms with Gasteiger partial charge in [-0.15, -0.1) is 0 Å². The van der Waals surface area contributed by atoms with Gasteiger partial charge < -0.3 is 20.5 Å². The summed E-state index contributed by atoms with van der Waals surface area (Å²) in [5, 5.41) is 3.35. The van der Waals surface area contributed by atoms with Gasteiger partial charge in [0.25, 0.3) is 5.56 Å². The first kappa shape index (κ1) is 31.7. The number of carbonyl (C=O) groups excluding carboxylic acids is 2. The standard InChI is InChI=1S/C36H38FN3O5/c1-24-22-26(12-18-31(24)37)34(42)30-17-19-33(41)40(35(30)38)27-13-15-28(16-14-27)44-21-7-20-39-32(23-25-8-3-2-4-9-25)36(43)45-29-10-5-6-11-29/h2-4,8-9,12-19,22,29,32,39H,5-7,10-11,20-21,23,38H2,1H3/t32-/m0/s1. The third kappa shape index (κ3) is 8.05. The van der Waals surface area contributed by atoms with Crippen molar-refractivity contribution in [3.63, 3.8) is 0 Å². The molecule has 1 saturated carbocycles. The minimum Gasteiger partial charge on any atom is -0.494 e. The maximum atomic E-state index is 13.7. The minimum atomic E-state index is -0.439. The normalized spacial score (nSPS) is 13.8. The summed E-state index contributed by atoms with van der Waals surface area (Å²) in [6.07, 6.45) is 5.27. The molecule has 1 heterocycles. The summed E-state index contributed by atoms with van der Waals surface area (Å²) < 4.78 is 26.7. The summed E-state index contributed by atoms with van der Waals surface area (Å²) in [4.78, 5) is 38.8. The van der Waals surface area contributed by atoms with Crippen LogP contribution in [0.4, 0.5) is 10.2 Å². The Kier molecular flexibility index (Phi) is 10.4. The van der Waals surface area contributed by atoms with Crippen molar-refractivity contribution in [1.29, 1.82) is 0 Å². The summed E-state index contributed by atoms with van der Waals surface area (Å²) in [6, 6.07) is 23.0. The van der Waals surface area contributed by atoms with Gasteiger partial charge in [-0.3, -0.25) is 19.0 Å². The molecule has 9 heteroatoms. The Bertz CT molecular complexity index is 1680. The molecule has 1 aromatic heterocycles. The molecule has 1 aliphatic carbocycles. The van der Waals surface area contributed by atoms with E-state index < -0.39 is 23.2 Å². The van der Waals surface area contributed by atoms with Crippen molar-refractivity contribution < 1.29 is 23.5 Å². The smallest absolute Gasteiger partial charge is 0.323 e. The van der Waals surface area contributed by atoms with E-state index >= 15 is 0 Å². The third-order valence-electron chi connectivity index (χ3n) is 8.02. The van der Waals surface area contributed by atoms with Crippen LogP contribution in [-0.4, -0.2) is 41.6 Å². The number of aromatic nitrogens is 1. The zero-order chi connectivity index (χ0) is 31.8. The van der Waals surface area contributed by atoms with Crippen LogP contribution in [0.5, 0.6) is 5.75 Å². The SMILES string of the molecule is Cc1cc(C(=O)c2ccc(=O)n(-c3ccc(OCCCN[C@@H](Cc4ccccc4)C(=O)OC4CCCC4)cc3)c2N)ccc1F. The maximum Gasteiger partial charge on any atom is 0.323 e. The van der Waals surface area contributed by atoms with Gasteiger partial charge in [0.05, 0.1) is 17.9 Å². The number of ketones is 1. The summed E-state index contributed by atoms with van der Waals surface area (Å²) >= 11 is 0. The Morgan fingerprint density at radius 1 is 1.00 bits per heavy atom. The van der Waals surface area contributed by atoms with Gasteiger partial charge >= 0.3 is 5.97 Å². The number of nitrogens with one attached hydrogen (secondary N) is 1. The number of hydrogen-bond donors (Lipinski definition) is 2. The minimum absolute atomic E-state index is 0.00858. The Labute approximate surface area is 262 Å². The molecule has 0 unspecified atom stereocenters. The first-order chi connectivity index (χ1) is 21.8. The lowest BCUT2D eigenvalue weighted by Crippen LogP contribution is -2.41. The molecule has 0 bridgehead atoms. The molecule has 0 radical (unpaired) electrons. The average molecular weight is 612 g/mol. The number of nitrogens with two attached hydrogens (primary N) is 1. The molecule has 0 saturated heterocycles. The highest BCUT2D eigenvalue weighted by molar-refractivity contribution is 6.11. The first-order valence-corrected chi connectivity index (χ1v) is 15.3. The monoisotopic (exact) mass is 611 g/mol. The Hall–Kier alpha value is -4.76. The number of esters is 1. The van der Waals surface area contributed by atoms with Crippen LogP contribution in [0.2, 0.25) is 0 Å². The topological polar surface area (TPSA) is 113 Å². The van der Waals surface area contributed by atoms with E-state index in [0.717, 1.165) is 31.2 Å². The fraction of sp³-hybridized carbons (Fsp3) is 0.306. The molecule has 3 aromatic carbocycles. The van der Waals surface area contributed by atoms with Gasteiger partial charge in [-0.25, -0.2) is 4.39 Å². The summed E-state index contributed by atoms with van der Waals surface area (Å²) in [7, 11) is 0. The first-order valence-electron chi connectivity index (χ1n) is 15.3. The number of anilines is 1. The quantitative estimate of drug-likeness (QED) is 0.116. The third-order valence-corrected chi connectivity index (χ3v) is 8.02. The van der Waals surface area contributed by atoms with Gasteiger partial charge in [-0.05, 0) is 112 Å². The van der Waals surface area contributed by atoms with Gasteiger partial charge in [-0.1, -0.05) is 30.3 Å². The number of nitrogen functional groups attached to an aromatic ring is 1. The number of nitrogens with zero attached hydrogens (tertiary/aromatic N) is 1. The van der Waals surface area contributed by atoms with Gasteiger partial charge in [0.15, 0.2) is 5.78 Å². The Morgan fingerprint density at radius 2 is 1.73 bits per heavy atom. The van der Waals surface area contributed by atoms with Gasteiger partial charge in [0.2, 0.25) is 0 Å². The molecule has 1 fully saturated rings. The maximum absolute atomic E-state index is 13.7. The second-order valence-electron chi connectivity index (χ2n) is 11.3. The lowest BCUT2D eigenvalue weighted by Gasteiger charge is -2.20. The Balaban J connectivity index is 1.17. The number of ether oxygens (including phenoxy) is 2. The number of hydrogen-bond acceptors (Lipinski definition) is 7. The van der Waals surface area contributed by atoms with E-state index in [9.17, 15) is 18.8 Å². The highest BCUT2D eigenvalue weighted by atomic mass is 19.1. The van der Waals surface area contributed by atoms with E-state index in [4.69, 9.17) is 15.2 Å². The molecular formula is C36H38FN3O5. The number of benzene rings is 3. The van der Waals surface area contributed by atoms with Gasteiger partial charge in [0.1, 0.15) is 29.5 Å². The fourth-order valence-electron chi connectivity index (χ4n) is 5.52. The van der Waals surface area contributed by atoms with E-state index in [1.54, 1.807) is 31.2 Å². The zero-order valence-electron chi connectivity index (χ0n) is 25.3. The van der Waals surface area contributed by atoms with Crippen molar-refractivity contribution in [2.45, 2.75) is 57.6 Å². The summed E-state index contributed by atoms with van der Waals surface area (Å²) in [6.45, 7) is 2.55. The lowest BCUT2D eigenvalue weighted by molar-refractivity contribution is -0.151. The van der Waals surface area contributed by atoms with E-state index in [1.807, 2.05) is 30.3 Å². The molecule has 5 rings (SSSR count). The number of carbonyl (C=O) groups is 2. The molecule has 8 nitrogen and oxygen atoms in total. The van der Waals surface area contributed by atoms with Crippen molar-refractivity contribution >= 4 is 17.6 Å². The van der Waals surface area contributed by atoms with Crippen molar-refractivity contribution in [1.82, 2.24) is 9.88 Å². The molecule has 0 amide bonds. The van der Waals surface area contributed by atoms with E-state index in [1.165, 1.54) is 34.9 Å². The molecular weight excluding hydrogens is 573 g/mol. The number of rotatable bonds is 13. The molecule has 0 spiro atoms. The molecule has 45 heavy (non-hydrogen) atoms. The van der Waals surface area contributed by atoms with Crippen LogP contribution >= 0.6 is 0 Å². The van der Waals surface area contributed by atoms with Crippen molar-refractivity contribution in [3.8, 4) is 11.4 Å². The highest BCUT2D eigenvalue weighted by Gasteiger charge is 2.25. The molecule has 1 aliphatic rings. The van der Waals surface area contributed by atoms with Crippen LogP contribution in [0.25, 0.3) is 5.69 Å². The molecule has 4 aromatic rings. The summed E-state index contributed by atoms with van der Waals surface area (Å²) in [5.74, 6) is -0.438. The van der Waals surface area contributed by atoms with E-state index in [0.29, 0.717) is 43.0 Å². The molecule has 3 N–H and O–H groups in total. The number of halogens is 1. The van der Waals surface area contributed by atoms with Gasteiger partial charge in [0, 0.05) is 11.6 Å². The second kappa shape index (κ2) is 14.8. The Morgan fingerprint density at radius 3 is 2.44 bits per heavy atom. The largest absolute Gasteiger partial charge is 0.494 e. The van der Waals surface area contributed by atoms with E-state index in [-0.39, 0.29) is 29.0 Å². The van der Waals surface area contributed by atoms with Crippen molar-refractivity contribution in [2.24, 2.45) is 0 Å². The van der Waals surface area contributed by atoms with Crippen LogP contribution in [0.1, 0.15) is 59.2 Å². The number of pyridine rings is 1. The van der Waals surface area contributed by atoms with Crippen LogP contribution in [0, 0.1) is 12.7 Å². The highest BCUT2D eigenvalue weighted by Crippen LogP contribution is 2.23. The van der Waals surface area contributed by atoms with Crippen molar-refractivity contribution in [2.75, 3.05) is 18.9 Å². The second-order valence-corrected chi connectivity index (χ2v) is 11.3. The van der Waals surface area contributed by atoms with Crippen LogP contribution in [0.3, 0.4) is 0 Å². The van der Waals surface area contributed by atoms with Crippen LogP contribution < -0.4 is 21.3 Å². The predicted molar refractivity (Wildman–Crippen MR) is 171 cm³/mol. The zero-order valence-corrected chi connectivity index (χ0v) is 25.3. The molecule has 0 aliphatic heterocycles. The lowest BCUT2D eigenvalue weighted by atomic mass is 10.0. The molecule has 234 valence electrons. The van der Waals surface area contributed by atoms with Gasteiger partial charge in [-0.2, -0.15) is 0 Å². The van der Waals surface area contributed by atoms with Crippen molar-refractivity contribution in [3.05, 3.63) is 123 Å². The predicted octanol–water partition coefficient (Wildman–Crippen LogP) is 5.55. The summed E-state index contributed by atoms with van der Waals surface area (Å²) in [5.41, 5.74) is 8.22.